The molecule has 36 heavy (non-hydrogen) atoms. The van der Waals surface area contributed by atoms with Crippen LogP contribution in [0.3, 0.4) is 0 Å². The molecule has 0 saturated carbocycles. The molecule has 0 aliphatic carbocycles. The number of oxime groups is 1. The molecule has 0 spiro atoms. The lowest BCUT2D eigenvalue weighted by Crippen LogP contribution is -2.25. The number of anilines is 1. The van der Waals surface area contributed by atoms with Crippen LogP contribution in [0.2, 0.25) is 0 Å². The molecule has 0 fully saturated rings. The first-order valence-corrected chi connectivity index (χ1v) is 11.2. The molecule has 0 unspecified atom stereocenters. The van der Waals surface area contributed by atoms with Crippen molar-refractivity contribution in [1.29, 1.82) is 0 Å². The third-order valence-electron chi connectivity index (χ3n) is 5.08. The highest BCUT2D eigenvalue weighted by molar-refractivity contribution is 5.97. The van der Waals surface area contributed by atoms with Crippen LogP contribution in [0.25, 0.3) is 0 Å². The number of ether oxygens (including phenoxy) is 3. The zero-order chi connectivity index (χ0) is 25.9. The van der Waals surface area contributed by atoms with Crippen molar-refractivity contribution in [2.45, 2.75) is 19.6 Å². The summed E-state index contributed by atoms with van der Waals surface area (Å²) in [5, 5.41) is 23.9. The van der Waals surface area contributed by atoms with Crippen molar-refractivity contribution in [2.75, 3.05) is 25.1 Å². The van der Waals surface area contributed by atoms with Gasteiger partial charge in [-0.2, -0.15) is 0 Å². The van der Waals surface area contributed by atoms with E-state index in [2.05, 4.69) is 10.5 Å². The molecule has 0 heterocycles. The van der Waals surface area contributed by atoms with Crippen LogP contribution in [0.4, 0.5) is 10.1 Å². The molecule has 3 rings (SSSR count). The van der Waals surface area contributed by atoms with Gasteiger partial charge in [-0.1, -0.05) is 35.5 Å². The Morgan fingerprint density at radius 1 is 1.08 bits per heavy atom. The van der Waals surface area contributed by atoms with Gasteiger partial charge in [0.25, 0.3) is 0 Å². The number of carbonyl (C=O) groups excluding carboxylic acids is 1. The Morgan fingerprint density at radius 2 is 1.78 bits per heavy atom. The molecular weight excluding hydrogens is 469 g/mol. The fraction of sp³-hybridized carbons (Fsp3) is 0.231. The first-order chi connectivity index (χ1) is 17.5. The summed E-state index contributed by atoms with van der Waals surface area (Å²) in [7, 11) is 0. The van der Waals surface area contributed by atoms with Crippen LogP contribution in [0.1, 0.15) is 29.7 Å². The zero-order valence-electron chi connectivity index (χ0n) is 19.7. The zero-order valence-corrected chi connectivity index (χ0v) is 19.7. The molecule has 1 atom stereocenters. The molecule has 190 valence electrons. The monoisotopic (exact) mass is 497 g/mol. The summed E-state index contributed by atoms with van der Waals surface area (Å²) in [6, 6.07) is 16.7. The van der Waals surface area contributed by atoms with Crippen molar-refractivity contribution in [3.63, 3.8) is 0 Å². The second-order valence-electron chi connectivity index (χ2n) is 7.56. The van der Waals surface area contributed by atoms with E-state index in [1.54, 1.807) is 31.2 Å². The smallest absolute Gasteiger partial charge is 0.333 e. The fourth-order valence-electron chi connectivity index (χ4n) is 3.35. The van der Waals surface area contributed by atoms with E-state index in [1.807, 2.05) is 30.3 Å². The van der Waals surface area contributed by atoms with Crippen LogP contribution in [-0.4, -0.2) is 41.9 Å². The Kier molecular flexibility index (Phi) is 9.47. The molecule has 0 bridgehead atoms. The number of aliphatic hydroxyl groups excluding tert-OH is 1. The fourth-order valence-corrected chi connectivity index (χ4v) is 3.35. The normalized spacial score (nSPS) is 12.0. The number of rotatable bonds is 12. The van der Waals surface area contributed by atoms with E-state index in [9.17, 15) is 4.79 Å². The highest BCUT2D eigenvalue weighted by atomic mass is 19.1. The average molecular weight is 498 g/mol. The number of aliphatic hydroxyl groups is 1. The Hall–Kier alpha value is -4.31. The lowest BCUT2D eigenvalue weighted by molar-refractivity contribution is -0.146. The summed E-state index contributed by atoms with van der Waals surface area (Å²) in [6.45, 7) is 1.72. The number of esters is 1. The SMILES string of the molecule is CCOc1cc([C@H](Nc2ccc(/C(N)=N/O)cc2)C(=O)OCc2ccccc2)c(F)cc1OCCO. The van der Waals surface area contributed by atoms with Gasteiger partial charge in [-0.25, -0.2) is 9.18 Å². The number of hydrogen-bond acceptors (Lipinski definition) is 8. The number of benzene rings is 3. The Balaban J connectivity index is 1.95. The second-order valence-corrected chi connectivity index (χ2v) is 7.56. The van der Waals surface area contributed by atoms with Gasteiger partial charge in [-0.05, 0) is 42.8 Å². The molecule has 0 saturated heterocycles. The third-order valence-corrected chi connectivity index (χ3v) is 5.08. The van der Waals surface area contributed by atoms with Crippen molar-refractivity contribution in [2.24, 2.45) is 10.9 Å². The molecule has 9 nitrogen and oxygen atoms in total. The van der Waals surface area contributed by atoms with E-state index < -0.39 is 17.8 Å². The first kappa shape index (κ1) is 26.3. The van der Waals surface area contributed by atoms with Crippen LogP contribution in [0.5, 0.6) is 11.5 Å². The van der Waals surface area contributed by atoms with Crippen LogP contribution in [0.15, 0.2) is 71.9 Å². The second kappa shape index (κ2) is 13.0. The van der Waals surface area contributed by atoms with Crippen LogP contribution in [0, 0.1) is 5.82 Å². The molecule has 0 aliphatic heterocycles. The molecule has 0 aromatic heterocycles. The maximum atomic E-state index is 15.3. The molecule has 3 aromatic rings. The Morgan fingerprint density at radius 3 is 2.42 bits per heavy atom. The van der Waals surface area contributed by atoms with E-state index in [0.717, 1.165) is 11.6 Å². The predicted octanol–water partition coefficient (Wildman–Crippen LogP) is 3.59. The van der Waals surface area contributed by atoms with Crippen LogP contribution in [-0.2, 0) is 16.1 Å². The minimum atomic E-state index is -1.24. The van der Waals surface area contributed by atoms with Crippen molar-refractivity contribution in [3.8, 4) is 11.5 Å². The Bertz CT molecular complexity index is 1170. The summed E-state index contributed by atoms with van der Waals surface area (Å²) in [5.41, 5.74) is 7.28. The van der Waals surface area contributed by atoms with E-state index in [-0.39, 0.29) is 49.3 Å². The first-order valence-electron chi connectivity index (χ1n) is 11.2. The van der Waals surface area contributed by atoms with E-state index in [1.165, 1.54) is 6.07 Å². The summed E-state index contributed by atoms with van der Waals surface area (Å²) in [4.78, 5) is 13.2. The molecule has 0 aliphatic rings. The van der Waals surface area contributed by atoms with Crippen LogP contribution >= 0.6 is 0 Å². The summed E-state index contributed by atoms with van der Waals surface area (Å²) >= 11 is 0. The predicted molar refractivity (Wildman–Crippen MR) is 132 cm³/mol. The highest BCUT2D eigenvalue weighted by Gasteiger charge is 2.28. The summed E-state index contributed by atoms with van der Waals surface area (Å²) < 4.78 is 31.8. The number of carbonyl (C=O) groups is 1. The van der Waals surface area contributed by atoms with Crippen molar-refractivity contribution < 1.29 is 33.7 Å². The molecule has 0 radical (unpaired) electrons. The minimum absolute atomic E-state index is 0.00206. The molecule has 10 heteroatoms. The number of halogens is 1. The van der Waals surface area contributed by atoms with E-state index in [0.29, 0.717) is 11.3 Å². The number of hydrogen-bond donors (Lipinski definition) is 4. The maximum Gasteiger partial charge on any atom is 0.333 e. The topological polar surface area (TPSA) is 136 Å². The van der Waals surface area contributed by atoms with Crippen molar-refractivity contribution >= 4 is 17.5 Å². The van der Waals surface area contributed by atoms with Gasteiger partial charge >= 0.3 is 5.97 Å². The number of nitrogens with two attached hydrogens (primary N) is 1. The van der Waals surface area contributed by atoms with Crippen molar-refractivity contribution in [1.82, 2.24) is 0 Å². The lowest BCUT2D eigenvalue weighted by atomic mass is 10.0. The van der Waals surface area contributed by atoms with Crippen LogP contribution < -0.4 is 20.5 Å². The van der Waals surface area contributed by atoms with Gasteiger partial charge in [-0.3, -0.25) is 0 Å². The van der Waals surface area contributed by atoms with Gasteiger partial charge in [0.2, 0.25) is 0 Å². The number of amidine groups is 1. The summed E-state index contributed by atoms with van der Waals surface area (Å²) in [6.07, 6.45) is 0. The van der Waals surface area contributed by atoms with Gasteiger partial charge in [0.05, 0.1) is 13.2 Å². The van der Waals surface area contributed by atoms with Gasteiger partial charge in [0.1, 0.15) is 19.0 Å². The Labute approximate surface area is 207 Å². The number of nitrogens with one attached hydrogen (secondary N) is 1. The average Bonchev–Trinajstić information content (AvgIpc) is 2.91. The van der Waals surface area contributed by atoms with Gasteiger partial charge < -0.3 is 35.6 Å². The maximum absolute atomic E-state index is 15.3. The molecular formula is C26H28FN3O6. The standard InChI is InChI=1S/C26H28FN3O6/c1-2-34-22-14-20(21(27)15-23(22)35-13-12-31)24(26(32)36-16-17-6-4-3-5-7-17)29-19-10-8-18(9-11-19)25(28)30-33/h3-11,14-15,24,29,31,33H,2,12-13,16H2,1H3,(H2,28,30)/t24-/m0/s1. The minimum Gasteiger partial charge on any atom is -0.490 e. The van der Waals surface area contributed by atoms with Gasteiger partial charge in [-0.15, -0.1) is 0 Å². The van der Waals surface area contributed by atoms with Gasteiger partial charge in [0.15, 0.2) is 23.4 Å². The van der Waals surface area contributed by atoms with E-state index in [4.69, 9.17) is 30.3 Å². The third kappa shape index (κ3) is 6.86. The molecule has 0 amide bonds. The molecule has 5 N–H and O–H groups in total. The van der Waals surface area contributed by atoms with E-state index >= 15 is 4.39 Å². The summed E-state index contributed by atoms with van der Waals surface area (Å²) in [5.74, 6) is -1.20. The van der Waals surface area contributed by atoms with Crippen molar-refractivity contribution in [3.05, 3.63) is 89.2 Å². The highest BCUT2D eigenvalue weighted by Crippen LogP contribution is 2.35. The van der Waals surface area contributed by atoms with Gasteiger partial charge in [0, 0.05) is 22.9 Å². The largest absolute Gasteiger partial charge is 0.490 e. The lowest BCUT2D eigenvalue weighted by Gasteiger charge is -2.22. The molecule has 3 aromatic carbocycles. The quantitative estimate of drug-likeness (QED) is 0.0980. The number of nitrogens with zero attached hydrogens (tertiary/aromatic N) is 1.